The van der Waals surface area contributed by atoms with Gasteiger partial charge in [0.25, 0.3) is 0 Å². The first-order chi connectivity index (χ1) is 8.99. The third kappa shape index (κ3) is 6.25. The van der Waals surface area contributed by atoms with Crippen molar-refractivity contribution >= 4 is 25.3 Å². The molecule has 1 aromatic carbocycles. The maximum atomic E-state index is 12.9. The van der Waals surface area contributed by atoms with E-state index in [-0.39, 0.29) is 26.7 Å². The molecule has 0 fully saturated rings. The maximum absolute atomic E-state index is 12.9. The molecule has 0 saturated carbocycles. The molecule has 0 aliphatic rings. The van der Waals surface area contributed by atoms with Crippen LogP contribution in [0.15, 0.2) is 30.3 Å². The predicted molar refractivity (Wildman–Crippen MR) is 81.1 cm³/mol. The molecule has 0 bridgehead atoms. The van der Waals surface area contributed by atoms with Gasteiger partial charge in [0, 0.05) is 0 Å². The van der Waals surface area contributed by atoms with Crippen LogP contribution in [0.5, 0.6) is 0 Å². The Balaban J connectivity index is 2.82. The molecule has 2 unspecified atom stereocenters. The number of benzene rings is 1. The fourth-order valence-corrected chi connectivity index (χ4v) is 8.08. The molecule has 0 heterocycles. The first-order valence-corrected chi connectivity index (χ1v) is 11.3. The third-order valence-electron chi connectivity index (χ3n) is 2.73. The van der Waals surface area contributed by atoms with Gasteiger partial charge < -0.3 is 0 Å². The quantitative estimate of drug-likeness (QED) is 0.530. The fourth-order valence-electron chi connectivity index (χ4n) is 1.27. The van der Waals surface area contributed by atoms with Crippen LogP contribution in [0.3, 0.4) is 0 Å². The zero-order valence-electron chi connectivity index (χ0n) is 12.0. The monoisotopic (exact) mass is 350 g/mol. The first kappa shape index (κ1) is 16.9. The molecule has 0 saturated heterocycles. The molecule has 0 N–H and O–H groups in total. The zero-order valence-corrected chi connectivity index (χ0v) is 14.6. The second-order valence-electron chi connectivity index (χ2n) is 4.50. The third-order valence-corrected chi connectivity index (χ3v) is 8.79. The fraction of sp³-hybridized carbons (Fsp3) is 0.571. The summed E-state index contributed by atoms with van der Waals surface area (Å²) >= 11 is -0.304. The van der Waals surface area contributed by atoms with E-state index >= 15 is 0 Å². The summed E-state index contributed by atoms with van der Waals surface area (Å²) in [5.41, 5.74) is 0. The molecule has 1 aromatic rings. The van der Waals surface area contributed by atoms with Crippen LogP contribution in [0.4, 0.5) is 0 Å². The van der Waals surface area contributed by atoms with Gasteiger partial charge in [-0.1, -0.05) is 0 Å². The number of hydrogen-bond acceptors (Lipinski definition) is 3. The summed E-state index contributed by atoms with van der Waals surface area (Å²) in [7, 11) is 0. The molecule has 0 amide bonds. The van der Waals surface area contributed by atoms with Gasteiger partial charge in [-0.25, -0.2) is 0 Å². The Morgan fingerprint density at radius 3 is 1.95 bits per heavy atom. The van der Waals surface area contributed by atoms with Gasteiger partial charge in [-0.05, 0) is 0 Å². The zero-order chi connectivity index (χ0) is 14.3. The van der Waals surface area contributed by atoms with Gasteiger partial charge in [-0.15, -0.1) is 0 Å². The van der Waals surface area contributed by atoms with E-state index < -0.39 is 6.29 Å². The molecule has 0 spiro atoms. The SMILES string of the molecule is CCC(C)OP(=O)(OC(C)CC)[Se]c1ccccc1. The van der Waals surface area contributed by atoms with Gasteiger partial charge in [0.1, 0.15) is 0 Å². The van der Waals surface area contributed by atoms with Crippen LogP contribution in [0.1, 0.15) is 40.5 Å². The van der Waals surface area contributed by atoms with Crippen LogP contribution in [0, 0.1) is 0 Å². The van der Waals surface area contributed by atoms with Gasteiger partial charge >= 0.3 is 122 Å². The molecule has 19 heavy (non-hydrogen) atoms. The van der Waals surface area contributed by atoms with Crippen molar-refractivity contribution in [3.8, 4) is 0 Å². The average Bonchev–Trinajstić information content (AvgIpc) is 2.39. The Morgan fingerprint density at radius 1 is 1.05 bits per heavy atom. The standard InChI is InChI=1S/C14H23O3PSe/c1-5-12(3)16-18(15,17-13(4)6-2)19-14-10-8-7-9-11-14/h7-13H,5-6H2,1-4H3. The molecule has 0 aliphatic carbocycles. The van der Waals surface area contributed by atoms with Gasteiger partial charge in [0.15, 0.2) is 0 Å². The van der Waals surface area contributed by atoms with Gasteiger partial charge in [0.2, 0.25) is 0 Å². The Hall–Kier alpha value is -0.111. The van der Waals surface area contributed by atoms with E-state index in [9.17, 15) is 4.57 Å². The van der Waals surface area contributed by atoms with Crippen molar-refractivity contribution in [3.05, 3.63) is 30.3 Å². The van der Waals surface area contributed by atoms with E-state index in [1.807, 2.05) is 58.0 Å². The van der Waals surface area contributed by atoms with E-state index in [2.05, 4.69) is 0 Å². The van der Waals surface area contributed by atoms with E-state index in [4.69, 9.17) is 9.05 Å². The van der Waals surface area contributed by atoms with Crippen LogP contribution in [0.2, 0.25) is 0 Å². The second kappa shape index (κ2) is 8.24. The predicted octanol–water partition coefficient (Wildman–Crippen LogP) is 3.75. The summed E-state index contributed by atoms with van der Waals surface area (Å²) in [5, 5.41) is 0. The Kier molecular flexibility index (Phi) is 7.35. The van der Waals surface area contributed by atoms with E-state index in [1.165, 1.54) is 0 Å². The summed E-state index contributed by atoms with van der Waals surface area (Å²) in [6, 6.07) is 9.82. The minimum atomic E-state index is -3.02. The Bertz CT molecular complexity index is 394. The molecule has 1 rings (SSSR count). The molecule has 3 nitrogen and oxygen atoms in total. The number of hydrogen-bond donors (Lipinski definition) is 0. The van der Waals surface area contributed by atoms with Crippen molar-refractivity contribution in [3.63, 3.8) is 0 Å². The van der Waals surface area contributed by atoms with Gasteiger partial charge in [0.05, 0.1) is 0 Å². The topological polar surface area (TPSA) is 35.5 Å². The van der Waals surface area contributed by atoms with E-state index in [1.54, 1.807) is 0 Å². The van der Waals surface area contributed by atoms with E-state index in [0.29, 0.717) is 0 Å². The van der Waals surface area contributed by atoms with Crippen LogP contribution >= 0.6 is 6.29 Å². The summed E-state index contributed by atoms with van der Waals surface area (Å²) in [6.45, 7) is 7.92. The van der Waals surface area contributed by atoms with Crippen molar-refractivity contribution < 1.29 is 13.6 Å². The summed E-state index contributed by atoms with van der Waals surface area (Å²) < 4.78 is 25.4. The molecule has 0 aromatic heterocycles. The summed E-state index contributed by atoms with van der Waals surface area (Å²) in [5.74, 6) is 0. The molecule has 2 atom stereocenters. The van der Waals surface area contributed by atoms with E-state index in [0.717, 1.165) is 17.3 Å². The number of rotatable bonds is 8. The molecular weight excluding hydrogens is 326 g/mol. The van der Waals surface area contributed by atoms with Crippen molar-refractivity contribution in [1.82, 2.24) is 0 Å². The Morgan fingerprint density at radius 2 is 1.53 bits per heavy atom. The summed E-state index contributed by atoms with van der Waals surface area (Å²) in [6.07, 6.45) is -1.44. The van der Waals surface area contributed by atoms with Crippen molar-refractivity contribution in [1.29, 1.82) is 0 Å². The first-order valence-electron chi connectivity index (χ1n) is 6.70. The normalized spacial score (nSPS) is 17.7. The average molecular weight is 349 g/mol. The van der Waals surface area contributed by atoms with Crippen LogP contribution in [-0.2, 0) is 13.6 Å². The van der Waals surface area contributed by atoms with Crippen molar-refractivity contribution in [2.45, 2.75) is 52.7 Å². The second-order valence-corrected chi connectivity index (χ2v) is 11.0. The molecule has 0 radical (unpaired) electrons. The van der Waals surface area contributed by atoms with Crippen LogP contribution in [0.25, 0.3) is 0 Å². The minimum absolute atomic E-state index is 0.0412. The molecule has 108 valence electrons. The summed E-state index contributed by atoms with van der Waals surface area (Å²) in [4.78, 5) is 0. The molecular formula is C14H23O3PSe. The van der Waals surface area contributed by atoms with Crippen molar-refractivity contribution in [2.24, 2.45) is 0 Å². The van der Waals surface area contributed by atoms with Gasteiger partial charge in [-0.3, -0.25) is 0 Å². The van der Waals surface area contributed by atoms with Gasteiger partial charge in [-0.2, -0.15) is 0 Å². The Labute approximate surface area is 122 Å². The molecule has 0 aliphatic heterocycles. The van der Waals surface area contributed by atoms with Crippen LogP contribution < -0.4 is 4.46 Å². The molecule has 5 heteroatoms. The van der Waals surface area contributed by atoms with Crippen molar-refractivity contribution in [2.75, 3.05) is 0 Å². The van der Waals surface area contributed by atoms with Crippen LogP contribution in [-0.4, -0.2) is 26.7 Å².